The molecule has 0 atom stereocenters. The van der Waals surface area contributed by atoms with Gasteiger partial charge in [0.1, 0.15) is 11.5 Å². The SMILES string of the molecule is COc1cc(C(=O)N/N=C/c2cc(Cl)c(OS(=O)(=O)c3ccc(C)cc3)c(OC)c2)ccc1OCc1ccccc1. The van der Waals surface area contributed by atoms with Gasteiger partial charge in [-0.3, -0.25) is 4.79 Å². The average molecular weight is 595 g/mol. The fourth-order valence-corrected chi connectivity index (χ4v) is 4.91. The van der Waals surface area contributed by atoms with Gasteiger partial charge < -0.3 is 18.4 Å². The maximum Gasteiger partial charge on any atom is 0.339 e. The summed E-state index contributed by atoms with van der Waals surface area (Å²) < 4.78 is 47.3. The fourth-order valence-electron chi connectivity index (χ4n) is 3.65. The Hall–Kier alpha value is -4.54. The van der Waals surface area contributed by atoms with E-state index in [4.69, 9.17) is 30.0 Å². The van der Waals surface area contributed by atoms with Gasteiger partial charge in [0.15, 0.2) is 17.2 Å². The van der Waals surface area contributed by atoms with Crippen molar-refractivity contribution < 1.29 is 31.6 Å². The molecule has 4 aromatic rings. The predicted molar refractivity (Wildman–Crippen MR) is 156 cm³/mol. The molecule has 0 saturated carbocycles. The van der Waals surface area contributed by atoms with Crippen LogP contribution in [0.5, 0.6) is 23.0 Å². The van der Waals surface area contributed by atoms with Crippen LogP contribution in [0, 0.1) is 6.92 Å². The van der Waals surface area contributed by atoms with Gasteiger partial charge >= 0.3 is 10.1 Å². The van der Waals surface area contributed by atoms with E-state index in [2.05, 4.69) is 10.5 Å². The molecular formula is C30H27ClN2O7S. The number of benzene rings is 4. The van der Waals surface area contributed by atoms with E-state index >= 15 is 0 Å². The van der Waals surface area contributed by atoms with E-state index in [0.717, 1.165) is 11.1 Å². The molecule has 0 radical (unpaired) electrons. The lowest BCUT2D eigenvalue weighted by molar-refractivity contribution is 0.0954. The Morgan fingerprint density at radius 2 is 1.61 bits per heavy atom. The van der Waals surface area contributed by atoms with E-state index in [1.807, 2.05) is 37.3 Å². The Balaban J connectivity index is 1.44. The van der Waals surface area contributed by atoms with Crippen LogP contribution < -0.4 is 23.8 Å². The molecule has 4 rings (SSSR count). The minimum atomic E-state index is -4.16. The van der Waals surface area contributed by atoms with Gasteiger partial charge in [-0.15, -0.1) is 0 Å². The first-order valence-corrected chi connectivity index (χ1v) is 14.1. The molecule has 0 aliphatic heterocycles. The van der Waals surface area contributed by atoms with Gasteiger partial charge in [0, 0.05) is 5.56 Å². The molecule has 0 aliphatic rings. The zero-order valence-corrected chi connectivity index (χ0v) is 24.0. The Labute approximate surface area is 243 Å². The highest BCUT2D eigenvalue weighted by Gasteiger charge is 2.22. The number of amides is 1. The largest absolute Gasteiger partial charge is 0.493 e. The molecule has 0 aliphatic carbocycles. The smallest absolute Gasteiger partial charge is 0.339 e. The van der Waals surface area contributed by atoms with Crippen LogP contribution in [0.2, 0.25) is 5.02 Å². The highest BCUT2D eigenvalue weighted by atomic mass is 35.5. The van der Waals surface area contributed by atoms with Gasteiger partial charge in [-0.25, -0.2) is 5.43 Å². The van der Waals surface area contributed by atoms with Crippen molar-refractivity contribution in [1.82, 2.24) is 5.43 Å². The summed E-state index contributed by atoms with van der Waals surface area (Å²) in [6, 6.07) is 23.6. The molecule has 11 heteroatoms. The summed E-state index contributed by atoms with van der Waals surface area (Å²) in [5.41, 5.74) is 5.06. The molecule has 9 nitrogen and oxygen atoms in total. The number of carbonyl (C=O) groups is 1. The number of hydrogen-bond acceptors (Lipinski definition) is 8. The fraction of sp³-hybridized carbons (Fsp3) is 0.133. The van der Waals surface area contributed by atoms with Gasteiger partial charge in [0.05, 0.1) is 25.5 Å². The highest BCUT2D eigenvalue weighted by Crippen LogP contribution is 2.38. The first kappa shape index (κ1) is 29.4. The van der Waals surface area contributed by atoms with Crippen LogP contribution in [0.3, 0.4) is 0 Å². The van der Waals surface area contributed by atoms with Crippen LogP contribution in [0.25, 0.3) is 0 Å². The van der Waals surface area contributed by atoms with Gasteiger partial charge in [0.25, 0.3) is 5.91 Å². The third-order valence-corrected chi connectivity index (χ3v) is 7.31. The number of halogens is 1. The third kappa shape index (κ3) is 7.56. The second kappa shape index (κ2) is 13.2. The number of methoxy groups -OCH3 is 2. The van der Waals surface area contributed by atoms with E-state index < -0.39 is 16.0 Å². The zero-order valence-electron chi connectivity index (χ0n) is 22.5. The van der Waals surface area contributed by atoms with Crippen molar-refractivity contribution in [3.8, 4) is 23.0 Å². The molecule has 0 saturated heterocycles. The highest BCUT2D eigenvalue weighted by molar-refractivity contribution is 7.87. The molecule has 0 fully saturated rings. The second-order valence-electron chi connectivity index (χ2n) is 8.72. The number of carbonyl (C=O) groups excluding carboxylic acids is 1. The van der Waals surface area contributed by atoms with Crippen molar-refractivity contribution in [1.29, 1.82) is 0 Å². The van der Waals surface area contributed by atoms with Crippen molar-refractivity contribution in [2.45, 2.75) is 18.4 Å². The van der Waals surface area contributed by atoms with Crippen molar-refractivity contribution in [3.05, 3.63) is 112 Å². The maximum absolute atomic E-state index is 12.7. The van der Waals surface area contributed by atoms with E-state index in [0.29, 0.717) is 29.2 Å². The zero-order chi connectivity index (χ0) is 29.4. The molecule has 4 aromatic carbocycles. The predicted octanol–water partition coefficient (Wildman–Crippen LogP) is 5.78. The Morgan fingerprint density at radius 3 is 2.29 bits per heavy atom. The molecule has 0 heterocycles. The molecule has 1 N–H and O–H groups in total. The van der Waals surface area contributed by atoms with Crippen LogP contribution in [0.1, 0.15) is 27.0 Å². The quantitative estimate of drug-likeness (QED) is 0.133. The molecule has 212 valence electrons. The third-order valence-electron chi connectivity index (χ3n) is 5.80. The number of ether oxygens (including phenoxy) is 3. The molecule has 41 heavy (non-hydrogen) atoms. The lowest BCUT2D eigenvalue weighted by Gasteiger charge is -2.13. The number of nitrogens with one attached hydrogen (secondary N) is 1. The van der Waals surface area contributed by atoms with E-state index in [1.54, 1.807) is 30.3 Å². The van der Waals surface area contributed by atoms with Crippen molar-refractivity contribution in [3.63, 3.8) is 0 Å². The molecule has 0 bridgehead atoms. The first-order chi connectivity index (χ1) is 19.7. The standard InChI is InChI=1S/C30H27ClN2O7S/c1-20-9-12-24(13-10-20)41(35,36)40-29-25(31)15-22(16-28(29)38-3)18-32-33-30(34)23-11-14-26(27(17-23)37-2)39-19-21-7-5-4-6-8-21/h4-18H,19H2,1-3H3,(H,33,34)/b32-18+. The summed E-state index contributed by atoms with van der Waals surface area (Å²) in [4.78, 5) is 12.7. The second-order valence-corrected chi connectivity index (χ2v) is 10.7. The number of aryl methyl sites for hydroxylation is 1. The van der Waals surface area contributed by atoms with E-state index in [9.17, 15) is 13.2 Å². The minimum Gasteiger partial charge on any atom is -0.493 e. The minimum absolute atomic E-state index is 0.0244. The number of rotatable bonds is 11. The van der Waals surface area contributed by atoms with Crippen molar-refractivity contribution >= 4 is 33.8 Å². The normalized spacial score (nSPS) is 11.2. The molecular weight excluding hydrogens is 568 g/mol. The number of nitrogens with zero attached hydrogens (tertiary/aromatic N) is 1. The van der Waals surface area contributed by atoms with Crippen LogP contribution in [0.4, 0.5) is 0 Å². The molecule has 0 unspecified atom stereocenters. The summed E-state index contributed by atoms with van der Waals surface area (Å²) in [6.45, 7) is 2.19. The lowest BCUT2D eigenvalue weighted by atomic mass is 10.2. The van der Waals surface area contributed by atoms with Crippen LogP contribution in [0.15, 0.2) is 94.9 Å². The molecule has 0 spiro atoms. The summed E-state index contributed by atoms with van der Waals surface area (Å²) >= 11 is 6.34. The summed E-state index contributed by atoms with van der Waals surface area (Å²) in [7, 11) is -1.32. The van der Waals surface area contributed by atoms with E-state index in [-0.39, 0.29) is 21.4 Å². The van der Waals surface area contributed by atoms with Crippen molar-refractivity contribution in [2.75, 3.05) is 14.2 Å². The van der Waals surface area contributed by atoms with Gasteiger partial charge in [-0.1, -0.05) is 59.6 Å². The summed E-state index contributed by atoms with van der Waals surface area (Å²) in [5, 5.41) is 3.95. The average Bonchev–Trinajstić information content (AvgIpc) is 2.97. The molecule has 1 amide bonds. The van der Waals surface area contributed by atoms with Crippen LogP contribution in [-0.2, 0) is 16.7 Å². The molecule has 0 aromatic heterocycles. The van der Waals surface area contributed by atoms with E-state index in [1.165, 1.54) is 44.7 Å². The first-order valence-electron chi connectivity index (χ1n) is 12.3. The van der Waals surface area contributed by atoms with Crippen LogP contribution in [-0.4, -0.2) is 34.8 Å². The Bertz CT molecular complexity index is 1660. The van der Waals surface area contributed by atoms with Crippen molar-refractivity contribution in [2.24, 2.45) is 5.10 Å². The number of hydrogen-bond donors (Lipinski definition) is 1. The summed E-state index contributed by atoms with van der Waals surface area (Å²) in [6.07, 6.45) is 1.33. The monoisotopic (exact) mass is 594 g/mol. The van der Waals surface area contributed by atoms with Gasteiger partial charge in [0.2, 0.25) is 5.75 Å². The van der Waals surface area contributed by atoms with Crippen LogP contribution >= 0.6 is 11.6 Å². The number of hydrazone groups is 1. The lowest BCUT2D eigenvalue weighted by Crippen LogP contribution is -2.17. The topological polar surface area (TPSA) is 113 Å². The van der Waals surface area contributed by atoms with Gasteiger partial charge in [-0.2, -0.15) is 13.5 Å². The Morgan fingerprint density at radius 1 is 0.902 bits per heavy atom. The summed E-state index contributed by atoms with van der Waals surface area (Å²) in [5.74, 6) is 0.292. The Kier molecular flexibility index (Phi) is 9.49. The maximum atomic E-state index is 12.7. The van der Waals surface area contributed by atoms with Gasteiger partial charge in [-0.05, 0) is 60.5 Å².